The minimum atomic E-state index is -5.15. The van der Waals surface area contributed by atoms with Gasteiger partial charge in [0, 0.05) is 0 Å². The summed E-state index contributed by atoms with van der Waals surface area (Å²) < 4.78 is 22.9. The predicted octanol–water partition coefficient (Wildman–Crippen LogP) is 10.3. The lowest BCUT2D eigenvalue weighted by Crippen LogP contribution is -2.64. The molecule has 0 heterocycles. The molecule has 1 saturated carbocycles. The van der Waals surface area contributed by atoms with Gasteiger partial charge in [-0.05, 0) is 32.1 Å². The molecule has 9 N–H and O–H groups in total. The van der Waals surface area contributed by atoms with Crippen LogP contribution in [0.3, 0.4) is 0 Å². The van der Waals surface area contributed by atoms with Crippen LogP contribution in [0.5, 0.6) is 0 Å². The average molecular weight is 962 g/mol. The van der Waals surface area contributed by atoms with E-state index >= 15 is 0 Å². The van der Waals surface area contributed by atoms with Crippen LogP contribution in [0.15, 0.2) is 24.3 Å². The van der Waals surface area contributed by atoms with Gasteiger partial charge in [-0.3, -0.25) is 13.8 Å². The monoisotopic (exact) mass is 962 g/mol. The first-order valence-electron chi connectivity index (χ1n) is 26.9. The Morgan fingerprint density at radius 3 is 1.33 bits per heavy atom. The van der Waals surface area contributed by atoms with Gasteiger partial charge in [0.25, 0.3) is 0 Å². The Hall–Kier alpha value is -1.22. The maximum atomic E-state index is 13.1. The summed E-state index contributed by atoms with van der Waals surface area (Å²) >= 11 is 0. The number of phosphoric ester groups is 1. The number of hydrogen-bond acceptors (Lipinski definition) is 11. The van der Waals surface area contributed by atoms with E-state index in [-0.39, 0.29) is 6.42 Å². The van der Waals surface area contributed by atoms with E-state index in [0.29, 0.717) is 12.8 Å². The number of amides is 1. The normalized spacial score (nSPS) is 22.5. The maximum absolute atomic E-state index is 13.1. The lowest BCUT2D eigenvalue weighted by Gasteiger charge is -2.41. The van der Waals surface area contributed by atoms with E-state index in [1.54, 1.807) is 6.08 Å². The number of unbranched alkanes of at least 4 members (excludes halogenated alkanes) is 30. The van der Waals surface area contributed by atoms with E-state index in [1.165, 1.54) is 167 Å². The minimum absolute atomic E-state index is 0.248. The highest BCUT2D eigenvalue weighted by Crippen LogP contribution is 2.47. The Kier molecular flexibility index (Phi) is 39.5. The third-order valence-corrected chi connectivity index (χ3v) is 14.0. The topological polar surface area (TPSA) is 226 Å². The third kappa shape index (κ3) is 32.6. The van der Waals surface area contributed by atoms with Gasteiger partial charge >= 0.3 is 7.82 Å². The maximum Gasteiger partial charge on any atom is 0.472 e. The molecule has 0 aromatic heterocycles. The molecule has 1 rings (SSSR count). The fourth-order valence-corrected chi connectivity index (χ4v) is 9.64. The van der Waals surface area contributed by atoms with Crippen LogP contribution in [-0.2, 0) is 18.4 Å². The van der Waals surface area contributed by atoms with Crippen LogP contribution in [0.25, 0.3) is 0 Å². The van der Waals surface area contributed by atoms with Crippen LogP contribution in [0, 0.1) is 0 Å². The summed E-state index contributed by atoms with van der Waals surface area (Å²) in [4.78, 5) is 23.5. The van der Waals surface area contributed by atoms with E-state index in [9.17, 15) is 50.0 Å². The molecular weight excluding hydrogens is 862 g/mol. The van der Waals surface area contributed by atoms with Crippen molar-refractivity contribution in [2.45, 2.75) is 293 Å². The molecule has 0 aliphatic heterocycles. The molecule has 66 heavy (non-hydrogen) atoms. The molecule has 0 saturated heterocycles. The van der Waals surface area contributed by atoms with Crippen LogP contribution >= 0.6 is 7.82 Å². The van der Waals surface area contributed by atoms with E-state index < -0.39 is 75.2 Å². The van der Waals surface area contributed by atoms with Crippen molar-refractivity contribution in [2.75, 3.05) is 6.61 Å². The number of allylic oxidation sites excluding steroid dienone is 3. The number of phosphoric acid groups is 1. The molecule has 1 aliphatic carbocycles. The third-order valence-electron chi connectivity index (χ3n) is 13.0. The number of hydrogen-bond donors (Lipinski definition) is 9. The van der Waals surface area contributed by atoms with Crippen LogP contribution in [-0.4, -0.2) is 108 Å². The Morgan fingerprint density at radius 2 is 0.894 bits per heavy atom. The minimum Gasteiger partial charge on any atom is -0.393 e. The summed E-state index contributed by atoms with van der Waals surface area (Å²) in [5.41, 5.74) is 0. The van der Waals surface area contributed by atoms with Gasteiger partial charge in [-0.15, -0.1) is 0 Å². The first-order chi connectivity index (χ1) is 31.8. The summed E-state index contributed by atoms with van der Waals surface area (Å²) in [7, 11) is -5.15. The van der Waals surface area contributed by atoms with Gasteiger partial charge < -0.3 is 46.0 Å². The fourth-order valence-electron chi connectivity index (χ4n) is 8.67. The number of carbonyl (C=O) groups excluding carboxylic acids is 1. The summed E-state index contributed by atoms with van der Waals surface area (Å²) in [5, 5.41) is 74.7. The second-order valence-corrected chi connectivity index (χ2v) is 20.7. The smallest absolute Gasteiger partial charge is 0.393 e. The Bertz CT molecular complexity index is 1230. The predicted molar refractivity (Wildman–Crippen MR) is 266 cm³/mol. The summed E-state index contributed by atoms with van der Waals surface area (Å²) in [6.45, 7) is 3.76. The number of rotatable bonds is 45. The van der Waals surface area contributed by atoms with Gasteiger partial charge in [0.15, 0.2) is 0 Å². The van der Waals surface area contributed by atoms with E-state index in [0.717, 1.165) is 44.9 Å². The zero-order chi connectivity index (χ0) is 48.7. The van der Waals surface area contributed by atoms with Gasteiger partial charge in [0.05, 0.1) is 31.3 Å². The van der Waals surface area contributed by atoms with Gasteiger partial charge in [0.1, 0.15) is 36.6 Å². The second kappa shape index (κ2) is 41.6. The molecule has 0 radical (unpaired) electrons. The number of aliphatic hydroxyl groups is 7. The molecule has 0 aromatic rings. The molecule has 0 aromatic carbocycles. The highest BCUT2D eigenvalue weighted by Gasteiger charge is 2.51. The Morgan fingerprint density at radius 1 is 0.530 bits per heavy atom. The van der Waals surface area contributed by atoms with Gasteiger partial charge in [-0.2, -0.15) is 0 Å². The molecule has 390 valence electrons. The first-order valence-corrected chi connectivity index (χ1v) is 28.4. The fraction of sp³-hybridized carbons (Fsp3) is 0.904. The van der Waals surface area contributed by atoms with Crippen LogP contribution in [0.2, 0.25) is 0 Å². The largest absolute Gasteiger partial charge is 0.472 e. The second-order valence-electron chi connectivity index (χ2n) is 19.3. The van der Waals surface area contributed by atoms with Crippen molar-refractivity contribution in [2.24, 2.45) is 0 Å². The summed E-state index contributed by atoms with van der Waals surface area (Å²) in [6.07, 6.45) is 34.0. The highest BCUT2D eigenvalue weighted by atomic mass is 31.2. The van der Waals surface area contributed by atoms with Crippen molar-refractivity contribution in [1.82, 2.24) is 5.32 Å². The van der Waals surface area contributed by atoms with Gasteiger partial charge in [0.2, 0.25) is 5.91 Å². The number of nitrogens with one attached hydrogen (secondary N) is 1. The average Bonchev–Trinajstić information content (AvgIpc) is 3.29. The molecule has 1 aliphatic rings. The highest BCUT2D eigenvalue weighted by molar-refractivity contribution is 7.47. The van der Waals surface area contributed by atoms with Crippen molar-refractivity contribution >= 4 is 13.7 Å². The van der Waals surface area contributed by atoms with Crippen molar-refractivity contribution in [3.05, 3.63) is 24.3 Å². The summed E-state index contributed by atoms with van der Waals surface area (Å²) in [5.74, 6) is -0.598. The first kappa shape index (κ1) is 62.8. The lowest BCUT2D eigenvalue weighted by atomic mass is 9.85. The zero-order valence-corrected chi connectivity index (χ0v) is 42.5. The molecule has 13 nitrogen and oxygen atoms in total. The quantitative estimate of drug-likeness (QED) is 0.0158. The summed E-state index contributed by atoms with van der Waals surface area (Å²) in [6, 6.07) is -1.25. The molecule has 14 heteroatoms. The van der Waals surface area contributed by atoms with Crippen LogP contribution in [0.1, 0.15) is 239 Å². The Balaban J connectivity index is 2.49. The molecule has 1 amide bonds. The van der Waals surface area contributed by atoms with Gasteiger partial charge in [-0.25, -0.2) is 4.57 Å². The van der Waals surface area contributed by atoms with E-state index in [2.05, 4.69) is 31.3 Å². The SMILES string of the molecule is CCCCCCCCCCCCCCC/C=C/CC/C=C/C(O)C(COP(=O)(O)OC1C(O)C(O)C(O)C(O)C1O)NC(=O)CC(O)CCCCCCCCCCCCCCCCCCC. The zero-order valence-electron chi connectivity index (χ0n) is 41.6. The van der Waals surface area contributed by atoms with Crippen molar-refractivity contribution in [3.8, 4) is 0 Å². The number of carbonyl (C=O) groups is 1. The van der Waals surface area contributed by atoms with Crippen molar-refractivity contribution in [3.63, 3.8) is 0 Å². The molecule has 0 spiro atoms. The van der Waals surface area contributed by atoms with E-state index in [1.807, 2.05) is 0 Å². The Labute approximate surface area is 401 Å². The molecule has 1 fully saturated rings. The van der Waals surface area contributed by atoms with E-state index in [4.69, 9.17) is 9.05 Å². The molecular formula is C52H100NO12P. The van der Waals surface area contributed by atoms with Crippen molar-refractivity contribution < 1.29 is 59.0 Å². The lowest BCUT2D eigenvalue weighted by molar-refractivity contribution is -0.220. The van der Waals surface area contributed by atoms with Gasteiger partial charge in [-0.1, -0.05) is 224 Å². The van der Waals surface area contributed by atoms with Crippen LogP contribution in [0.4, 0.5) is 0 Å². The molecule has 8 unspecified atom stereocenters. The standard InChI is InChI=1S/C52H100NO12P/c1-3-5-7-9-11-13-15-17-19-21-22-24-26-28-30-32-34-36-38-40-45(55)44(42-64-66(62,63)65-52-50(60)48(58)47(57)49(59)51(52)61)53-46(56)41-43(54)39-37-35-33-31-29-27-25-23-20-18-16-14-12-10-8-6-4-2/h30,32,38,40,43-45,47-52,54-55,57-61H,3-29,31,33-37,39,41-42H2,1-2H3,(H,53,56)(H,62,63)/b32-30+,40-38+. The molecule has 0 bridgehead atoms. The molecule has 8 atom stereocenters. The van der Waals surface area contributed by atoms with Crippen molar-refractivity contribution in [1.29, 1.82) is 0 Å². The number of aliphatic hydroxyl groups excluding tert-OH is 7. The van der Waals surface area contributed by atoms with Crippen LogP contribution < -0.4 is 5.32 Å².